The van der Waals surface area contributed by atoms with Crippen molar-refractivity contribution in [2.45, 2.75) is 0 Å². The summed E-state index contributed by atoms with van der Waals surface area (Å²) in [5, 5.41) is 3.86. The van der Waals surface area contributed by atoms with Crippen molar-refractivity contribution in [2.24, 2.45) is 0 Å². The molecule has 2 rings (SSSR count). The van der Waals surface area contributed by atoms with Crippen LogP contribution in [0.2, 0.25) is 0 Å². The summed E-state index contributed by atoms with van der Waals surface area (Å²) in [6.45, 7) is 0. The molecule has 1 heterocycles. The van der Waals surface area contributed by atoms with E-state index >= 15 is 0 Å². The van der Waals surface area contributed by atoms with Gasteiger partial charge in [0.25, 0.3) is 0 Å². The van der Waals surface area contributed by atoms with E-state index in [4.69, 9.17) is 4.74 Å². The van der Waals surface area contributed by atoms with E-state index in [1.807, 2.05) is 16.8 Å². The molecule has 1 aromatic heterocycles. The van der Waals surface area contributed by atoms with E-state index in [-0.39, 0.29) is 11.5 Å². The number of halogens is 1. The molecule has 2 aromatic rings. The minimum atomic E-state index is -0.535. The maximum Gasteiger partial charge on any atom is 0.185 e. The van der Waals surface area contributed by atoms with Crippen LogP contribution in [0.5, 0.6) is 5.75 Å². The summed E-state index contributed by atoms with van der Waals surface area (Å²) in [7, 11) is 1.39. The van der Waals surface area contributed by atoms with E-state index < -0.39 is 5.82 Å². The Labute approximate surface area is 108 Å². The molecule has 0 aliphatic carbocycles. The van der Waals surface area contributed by atoms with Gasteiger partial charge in [-0.05, 0) is 46.7 Å². The second-order valence-electron chi connectivity index (χ2n) is 3.60. The molecule has 0 aliphatic rings. The Hall–Kier alpha value is -1.94. The normalized spacial score (nSPS) is 10.8. The van der Waals surface area contributed by atoms with Gasteiger partial charge in [0.1, 0.15) is 0 Å². The number of hydrogen-bond donors (Lipinski definition) is 0. The maximum absolute atomic E-state index is 13.4. The quantitative estimate of drug-likeness (QED) is 0.619. The molecule has 4 heteroatoms. The summed E-state index contributed by atoms with van der Waals surface area (Å²) in [5.74, 6) is -0.636. The molecule has 0 atom stereocenters. The molecule has 0 saturated carbocycles. The molecule has 0 bridgehead atoms. The van der Waals surface area contributed by atoms with Gasteiger partial charge in [-0.15, -0.1) is 0 Å². The van der Waals surface area contributed by atoms with Gasteiger partial charge in [0, 0.05) is 5.56 Å². The lowest BCUT2D eigenvalue weighted by atomic mass is 10.1. The van der Waals surface area contributed by atoms with Crippen LogP contribution in [0.4, 0.5) is 4.39 Å². The lowest BCUT2D eigenvalue weighted by Gasteiger charge is -2.02. The van der Waals surface area contributed by atoms with Crippen molar-refractivity contribution in [3.8, 4) is 5.75 Å². The first kappa shape index (κ1) is 12.5. The Kier molecular flexibility index (Phi) is 3.89. The van der Waals surface area contributed by atoms with Crippen LogP contribution < -0.4 is 4.74 Å². The molecule has 0 saturated heterocycles. The van der Waals surface area contributed by atoms with Crippen LogP contribution >= 0.6 is 11.3 Å². The molecular formula is C14H11FO2S. The highest BCUT2D eigenvalue weighted by Crippen LogP contribution is 2.18. The number of ketones is 1. The SMILES string of the molecule is COc1ccc(C(=O)C=Cc2ccsc2)cc1F. The zero-order valence-corrected chi connectivity index (χ0v) is 10.5. The van der Waals surface area contributed by atoms with Crippen LogP contribution in [-0.2, 0) is 0 Å². The number of rotatable bonds is 4. The fraction of sp³-hybridized carbons (Fsp3) is 0.0714. The van der Waals surface area contributed by atoms with E-state index in [1.54, 1.807) is 23.5 Å². The number of methoxy groups -OCH3 is 1. The minimum Gasteiger partial charge on any atom is -0.494 e. The Balaban J connectivity index is 2.16. The third-order valence-corrected chi connectivity index (χ3v) is 3.11. The van der Waals surface area contributed by atoms with Gasteiger partial charge in [-0.25, -0.2) is 4.39 Å². The molecule has 2 nitrogen and oxygen atoms in total. The van der Waals surface area contributed by atoms with Crippen LogP contribution in [0, 0.1) is 5.82 Å². The minimum absolute atomic E-state index is 0.133. The third-order valence-electron chi connectivity index (χ3n) is 2.41. The smallest absolute Gasteiger partial charge is 0.185 e. The van der Waals surface area contributed by atoms with E-state index in [0.717, 1.165) is 5.56 Å². The van der Waals surface area contributed by atoms with Gasteiger partial charge >= 0.3 is 0 Å². The Morgan fingerprint density at radius 1 is 1.39 bits per heavy atom. The second kappa shape index (κ2) is 5.60. The van der Waals surface area contributed by atoms with Crippen molar-refractivity contribution in [2.75, 3.05) is 7.11 Å². The Morgan fingerprint density at radius 3 is 2.83 bits per heavy atom. The van der Waals surface area contributed by atoms with Crippen LogP contribution in [0.1, 0.15) is 15.9 Å². The van der Waals surface area contributed by atoms with Crippen LogP contribution in [0.25, 0.3) is 6.08 Å². The van der Waals surface area contributed by atoms with Gasteiger partial charge < -0.3 is 4.74 Å². The van der Waals surface area contributed by atoms with Crippen molar-refractivity contribution < 1.29 is 13.9 Å². The zero-order valence-electron chi connectivity index (χ0n) is 9.72. The summed E-state index contributed by atoms with van der Waals surface area (Å²) >= 11 is 1.56. The van der Waals surface area contributed by atoms with E-state index in [1.165, 1.54) is 25.3 Å². The number of carbonyl (C=O) groups is 1. The topological polar surface area (TPSA) is 26.3 Å². The monoisotopic (exact) mass is 262 g/mol. The molecule has 18 heavy (non-hydrogen) atoms. The van der Waals surface area contributed by atoms with Crippen molar-refractivity contribution in [1.82, 2.24) is 0 Å². The fourth-order valence-electron chi connectivity index (χ4n) is 1.46. The molecule has 0 unspecified atom stereocenters. The lowest BCUT2D eigenvalue weighted by molar-refractivity contribution is 0.104. The van der Waals surface area contributed by atoms with Crippen molar-refractivity contribution in [3.63, 3.8) is 0 Å². The van der Waals surface area contributed by atoms with Crippen LogP contribution in [0.15, 0.2) is 41.1 Å². The molecule has 92 valence electrons. The van der Waals surface area contributed by atoms with Gasteiger partial charge in [0.15, 0.2) is 17.3 Å². The first-order chi connectivity index (χ1) is 8.70. The molecule has 0 N–H and O–H groups in total. The predicted molar refractivity (Wildman–Crippen MR) is 70.6 cm³/mol. The molecular weight excluding hydrogens is 251 g/mol. The number of carbonyl (C=O) groups excluding carboxylic acids is 1. The van der Waals surface area contributed by atoms with Crippen LogP contribution in [-0.4, -0.2) is 12.9 Å². The maximum atomic E-state index is 13.4. The Morgan fingerprint density at radius 2 is 2.22 bits per heavy atom. The number of benzene rings is 1. The fourth-order valence-corrected chi connectivity index (χ4v) is 2.09. The first-order valence-electron chi connectivity index (χ1n) is 5.29. The van der Waals surface area contributed by atoms with Crippen molar-refractivity contribution in [1.29, 1.82) is 0 Å². The molecule has 0 radical (unpaired) electrons. The highest BCUT2D eigenvalue weighted by atomic mass is 32.1. The second-order valence-corrected chi connectivity index (χ2v) is 4.38. The first-order valence-corrected chi connectivity index (χ1v) is 6.23. The standard InChI is InChI=1S/C14H11FO2S/c1-17-14-5-3-11(8-12(14)15)13(16)4-2-10-6-7-18-9-10/h2-9H,1H3. The number of allylic oxidation sites excluding steroid dienone is 1. The Bertz CT molecular complexity index is 573. The van der Waals surface area contributed by atoms with Crippen molar-refractivity contribution in [3.05, 3.63) is 58.0 Å². The average molecular weight is 262 g/mol. The third kappa shape index (κ3) is 2.84. The number of ether oxygens (including phenoxy) is 1. The predicted octanol–water partition coefficient (Wildman–Crippen LogP) is 3.79. The average Bonchev–Trinajstić information content (AvgIpc) is 2.89. The van der Waals surface area contributed by atoms with E-state index in [0.29, 0.717) is 5.56 Å². The zero-order chi connectivity index (χ0) is 13.0. The number of hydrogen-bond acceptors (Lipinski definition) is 3. The van der Waals surface area contributed by atoms with Gasteiger partial charge in [-0.1, -0.05) is 6.08 Å². The summed E-state index contributed by atoms with van der Waals surface area (Å²) in [4.78, 5) is 11.8. The van der Waals surface area contributed by atoms with E-state index in [9.17, 15) is 9.18 Å². The van der Waals surface area contributed by atoms with Gasteiger partial charge in [0.2, 0.25) is 0 Å². The van der Waals surface area contributed by atoms with Gasteiger partial charge in [-0.2, -0.15) is 11.3 Å². The summed E-state index contributed by atoms with van der Waals surface area (Å²) in [5.41, 5.74) is 1.27. The molecule has 0 spiro atoms. The lowest BCUT2D eigenvalue weighted by Crippen LogP contribution is -1.96. The summed E-state index contributed by atoms with van der Waals surface area (Å²) < 4.78 is 18.2. The summed E-state index contributed by atoms with van der Waals surface area (Å²) in [6, 6.07) is 6.07. The highest BCUT2D eigenvalue weighted by molar-refractivity contribution is 7.08. The number of thiophene rings is 1. The van der Waals surface area contributed by atoms with Gasteiger partial charge in [-0.3, -0.25) is 4.79 Å². The largest absolute Gasteiger partial charge is 0.494 e. The molecule has 0 aliphatic heterocycles. The highest BCUT2D eigenvalue weighted by Gasteiger charge is 2.07. The molecule has 0 amide bonds. The van der Waals surface area contributed by atoms with Crippen molar-refractivity contribution >= 4 is 23.2 Å². The van der Waals surface area contributed by atoms with Gasteiger partial charge in [0.05, 0.1) is 7.11 Å². The van der Waals surface area contributed by atoms with E-state index in [2.05, 4.69) is 0 Å². The molecule has 0 fully saturated rings. The molecule has 1 aromatic carbocycles. The van der Waals surface area contributed by atoms with Crippen LogP contribution in [0.3, 0.4) is 0 Å². The summed E-state index contributed by atoms with van der Waals surface area (Å²) in [6.07, 6.45) is 3.14.